The van der Waals surface area contributed by atoms with Crippen LogP contribution in [0.3, 0.4) is 0 Å². The van der Waals surface area contributed by atoms with Crippen LogP contribution < -0.4 is 20.8 Å². The minimum atomic E-state index is -1.32. The minimum Gasteiger partial charge on any atom is -0.548 e. The molecule has 156 valence electrons. The number of hydrogen-bond acceptors (Lipinski definition) is 6. The maximum absolute atomic E-state index is 12.1. The second-order valence-electron chi connectivity index (χ2n) is 6.87. The van der Waals surface area contributed by atoms with Gasteiger partial charge in [0.2, 0.25) is 0 Å². The van der Waals surface area contributed by atoms with Crippen molar-refractivity contribution in [2.24, 2.45) is 0 Å². The fraction of sp³-hybridized carbons (Fsp3) is 0.261. The summed E-state index contributed by atoms with van der Waals surface area (Å²) in [6.45, 7) is 1.56. The Balaban J connectivity index is 1.74. The summed E-state index contributed by atoms with van der Waals surface area (Å²) in [6, 6.07) is 14.8. The highest BCUT2D eigenvalue weighted by atomic mass is 16.5. The number of carboxylic acid groups (broad SMARTS) is 1. The van der Waals surface area contributed by atoms with Gasteiger partial charge in [0, 0.05) is 17.5 Å². The molecule has 1 N–H and O–H groups in total. The van der Waals surface area contributed by atoms with Crippen LogP contribution in [0.15, 0.2) is 63.8 Å². The van der Waals surface area contributed by atoms with Gasteiger partial charge in [-0.1, -0.05) is 50.1 Å². The molecule has 7 heteroatoms. The predicted octanol–water partition coefficient (Wildman–Crippen LogP) is 2.26. The smallest absolute Gasteiger partial charge is 0.336 e. The molecule has 2 aromatic carbocycles. The summed E-state index contributed by atoms with van der Waals surface area (Å²) in [4.78, 5) is 35.2. The molecule has 3 aromatic rings. The summed E-state index contributed by atoms with van der Waals surface area (Å²) >= 11 is 0. The van der Waals surface area contributed by atoms with E-state index in [1.165, 1.54) is 12.1 Å². The monoisotopic (exact) mass is 408 g/mol. The van der Waals surface area contributed by atoms with Crippen LogP contribution >= 0.6 is 0 Å². The normalized spacial score (nSPS) is 11.8. The zero-order chi connectivity index (χ0) is 21.5. The number of ether oxygens (including phenoxy) is 1. The Morgan fingerprint density at radius 2 is 1.90 bits per heavy atom. The van der Waals surface area contributed by atoms with E-state index in [2.05, 4.69) is 5.32 Å². The second-order valence-corrected chi connectivity index (χ2v) is 6.87. The fourth-order valence-electron chi connectivity index (χ4n) is 3.13. The third-order valence-corrected chi connectivity index (χ3v) is 4.64. The van der Waals surface area contributed by atoms with Crippen molar-refractivity contribution in [1.82, 2.24) is 5.32 Å². The molecule has 1 atom stereocenters. The third kappa shape index (κ3) is 5.26. The lowest BCUT2D eigenvalue weighted by Crippen LogP contribution is -2.49. The number of nitrogens with one attached hydrogen (secondary N) is 1. The second kappa shape index (κ2) is 9.73. The van der Waals surface area contributed by atoms with Gasteiger partial charge in [0.15, 0.2) is 6.61 Å². The number of hydrogen-bond donors (Lipinski definition) is 1. The van der Waals surface area contributed by atoms with Crippen LogP contribution in [-0.4, -0.2) is 24.5 Å². The van der Waals surface area contributed by atoms with E-state index in [0.717, 1.165) is 22.9 Å². The van der Waals surface area contributed by atoms with Crippen molar-refractivity contribution in [3.05, 3.63) is 65.0 Å². The van der Waals surface area contributed by atoms with Gasteiger partial charge < -0.3 is 24.4 Å². The Labute approximate surface area is 173 Å². The van der Waals surface area contributed by atoms with Gasteiger partial charge in [0.25, 0.3) is 5.91 Å². The summed E-state index contributed by atoms with van der Waals surface area (Å²) in [5.74, 6) is -1.57. The lowest BCUT2D eigenvalue weighted by atomic mass is 10.0. The van der Waals surface area contributed by atoms with E-state index in [9.17, 15) is 19.5 Å². The fourth-order valence-corrected chi connectivity index (χ4v) is 3.13. The van der Waals surface area contributed by atoms with Crippen LogP contribution in [0.1, 0.15) is 26.2 Å². The number of aliphatic carboxylic acids is 1. The molecular weight excluding hydrogens is 386 g/mol. The summed E-state index contributed by atoms with van der Waals surface area (Å²) in [6.07, 6.45) is 1.77. The first-order valence-corrected chi connectivity index (χ1v) is 9.74. The molecular formula is C23H22NO6-. The maximum atomic E-state index is 12.1. The molecule has 0 radical (unpaired) electrons. The number of fused-ring (bicyclic) bond motifs is 1. The van der Waals surface area contributed by atoms with Gasteiger partial charge >= 0.3 is 5.63 Å². The van der Waals surface area contributed by atoms with E-state index in [1.807, 2.05) is 37.3 Å². The zero-order valence-corrected chi connectivity index (χ0v) is 16.6. The lowest BCUT2D eigenvalue weighted by molar-refractivity contribution is -0.308. The zero-order valence-electron chi connectivity index (χ0n) is 16.6. The molecule has 0 aliphatic heterocycles. The molecule has 0 saturated carbocycles. The molecule has 0 spiro atoms. The van der Waals surface area contributed by atoms with Crippen molar-refractivity contribution in [3.63, 3.8) is 0 Å². The van der Waals surface area contributed by atoms with E-state index in [-0.39, 0.29) is 6.61 Å². The molecule has 7 nitrogen and oxygen atoms in total. The number of rotatable bonds is 9. The van der Waals surface area contributed by atoms with Gasteiger partial charge in [0.05, 0.1) is 12.0 Å². The average Bonchev–Trinajstić information content (AvgIpc) is 2.74. The first kappa shape index (κ1) is 21.1. The van der Waals surface area contributed by atoms with Gasteiger partial charge in [-0.3, -0.25) is 4.79 Å². The molecule has 0 saturated heterocycles. The van der Waals surface area contributed by atoms with Crippen molar-refractivity contribution in [1.29, 1.82) is 0 Å². The van der Waals surface area contributed by atoms with E-state index < -0.39 is 23.5 Å². The quantitative estimate of drug-likeness (QED) is 0.544. The SMILES string of the molecule is CCCC[C@H](NC(=O)COc1ccc2c(-c3ccccc3)cc(=O)oc2c1)C(=O)[O-]. The molecule has 0 unspecified atom stereocenters. The minimum absolute atomic E-state index is 0.300. The number of carbonyl (C=O) groups is 2. The van der Waals surface area contributed by atoms with Crippen molar-refractivity contribution >= 4 is 22.8 Å². The van der Waals surface area contributed by atoms with Crippen LogP contribution in [0.4, 0.5) is 0 Å². The third-order valence-electron chi connectivity index (χ3n) is 4.64. The standard InChI is InChI=1S/C23H23NO6/c1-2-3-9-19(23(27)28)24-21(25)14-29-16-10-11-17-18(15-7-5-4-6-8-15)13-22(26)30-20(17)12-16/h4-8,10-13,19H,2-3,9,14H2,1H3,(H,24,25)(H,27,28)/p-1/t19-/m0/s1. The van der Waals surface area contributed by atoms with Crippen LogP contribution in [0, 0.1) is 0 Å². The number of amides is 1. The van der Waals surface area contributed by atoms with Crippen LogP contribution in [0.2, 0.25) is 0 Å². The largest absolute Gasteiger partial charge is 0.548 e. The Morgan fingerprint density at radius 3 is 2.60 bits per heavy atom. The van der Waals surface area contributed by atoms with Crippen molar-refractivity contribution in [2.75, 3.05) is 6.61 Å². The number of carboxylic acids is 1. The Morgan fingerprint density at radius 1 is 1.13 bits per heavy atom. The highest BCUT2D eigenvalue weighted by Crippen LogP contribution is 2.29. The van der Waals surface area contributed by atoms with Gasteiger partial charge in [0.1, 0.15) is 11.3 Å². The van der Waals surface area contributed by atoms with E-state index >= 15 is 0 Å². The van der Waals surface area contributed by atoms with Crippen molar-refractivity contribution < 1.29 is 23.8 Å². The summed E-state index contributed by atoms with van der Waals surface area (Å²) < 4.78 is 10.7. The average molecular weight is 408 g/mol. The number of benzene rings is 2. The molecule has 30 heavy (non-hydrogen) atoms. The molecule has 1 amide bonds. The predicted molar refractivity (Wildman–Crippen MR) is 110 cm³/mol. The van der Waals surface area contributed by atoms with Gasteiger partial charge in [-0.15, -0.1) is 0 Å². The maximum Gasteiger partial charge on any atom is 0.336 e. The van der Waals surface area contributed by atoms with E-state index in [1.54, 1.807) is 12.1 Å². The van der Waals surface area contributed by atoms with Crippen LogP contribution in [-0.2, 0) is 9.59 Å². The van der Waals surface area contributed by atoms with E-state index in [4.69, 9.17) is 9.15 Å². The van der Waals surface area contributed by atoms with Crippen LogP contribution in [0.25, 0.3) is 22.1 Å². The summed E-state index contributed by atoms with van der Waals surface area (Å²) in [5.41, 5.74) is 1.45. The van der Waals surface area contributed by atoms with Gasteiger partial charge in [-0.25, -0.2) is 4.79 Å². The number of unbranched alkanes of at least 4 members (excludes halogenated alkanes) is 1. The van der Waals surface area contributed by atoms with Crippen LogP contribution in [0.5, 0.6) is 5.75 Å². The molecule has 1 aromatic heterocycles. The first-order chi connectivity index (χ1) is 14.5. The molecule has 3 rings (SSSR count). The highest BCUT2D eigenvalue weighted by molar-refractivity contribution is 5.93. The van der Waals surface area contributed by atoms with Gasteiger partial charge in [-0.05, 0) is 29.7 Å². The topological polar surface area (TPSA) is 109 Å². The summed E-state index contributed by atoms with van der Waals surface area (Å²) in [5, 5.41) is 14.3. The van der Waals surface area contributed by atoms with E-state index in [0.29, 0.717) is 24.2 Å². The Kier molecular flexibility index (Phi) is 6.85. The highest BCUT2D eigenvalue weighted by Gasteiger charge is 2.14. The Bertz CT molecular complexity index is 1090. The number of carbonyl (C=O) groups excluding carboxylic acids is 2. The van der Waals surface area contributed by atoms with Crippen molar-refractivity contribution in [3.8, 4) is 16.9 Å². The van der Waals surface area contributed by atoms with Gasteiger partial charge in [-0.2, -0.15) is 0 Å². The summed E-state index contributed by atoms with van der Waals surface area (Å²) in [7, 11) is 0. The molecule has 0 aliphatic rings. The molecule has 0 aliphatic carbocycles. The molecule has 1 heterocycles. The molecule has 0 fully saturated rings. The van der Waals surface area contributed by atoms with Crippen molar-refractivity contribution in [2.45, 2.75) is 32.2 Å². The lowest BCUT2D eigenvalue weighted by Gasteiger charge is -2.19. The first-order valence-electron chi connectivity index (χ1n) is 9.74. The molecule has 0 bridgehead atoms. The Hall–Kier alpha value is -3.61.